The molecule has 0 radical (unpaired) electrons. The monoisotopic (exact) mass is 318 g/mol. The van der Waals surface area contributed by atoms with E-state index >= 15 is 0 Å². The maximum atomic E-state index is 12.9. The van der Waals surface area contributed by atoms with Crippen LogP contribution < -0.4 is 5.32 Å². The molecule has 1 aromatic rings. The Bertz CT molecular complexity index is 583. The largest absolute Gasteiger partial charge is 0.343 e. The fraction of sp³-hybridized carbons (Fsp3) is 0.529. The second-order valence-electron chi connectivity index (χ2n) is 6.16. The first-order valence-corrected chi connectivity index (χ1v) is 8.70. The van der Waals surface area contributed by atoms with Crippen LogP contribution in [0.5, 0.6) is 0 Å². The molecule has 0 aromatic heterocycles. The van der Waals surface area contributed by atoms with Gasteiger partial charge in [-0.1, -0.05) is 0 Å². The number of carbonyl (C=O) groups is 1. The lowest BCUT2D eigenvalue weighted by Gasteiger charge is -2.29. The number of hydrogen-bond acceptors (Lipinski definition) is 3. The van der Waals surface area contributed by atoms with Gasteiger partial charge < -0.3 is 5.32 Å². The summed E-state index contributed by atoms with van der Waals surface area (Å²) in [6.07, 6.45) is 3.48. The van der Waals surface area contributed by atoms with E-state index in [1.165, 1.54) is 18.6 Å². The SMILES string of the molecule is N#CCNC(=O)C1C2CCC(C2)C1CSc1ccc(F)cc1. The Morgan fingerprint density at radius 1 is 1.32 bits per heavy atom. The van der Waals surface area contributed by atoms with E-state index in [0.29, 0.717) is 17.8 Å². The van der Waals surface area contributed by atoms with E-state index in [4.69, 9.17) is 5.26 Å². The van der Waals surface area contributed by atoms with E-state index in [-0.39, 0.29) is 24.2 Å². The summed E-state index contributed by atoms with van der Waals surface area (Å²) in [5, 5.41) is 11.4. The minimum atomic E-state index is -0.224. The zero-order chi connectivity index (χ0) is 15.5. The molecule has 3 nitrogen and oxygen atoms in total. The van der Waals surface area contributed by atoms with Crippen molar-refractivity contribution in [2.75, 3.05) is 12.3 Å². The predicted molar refractivity (Wildman–Crippen MR) is 83.6 cm³/mol. The van der Waals surface area contributed by atoms with Gasteiger partial charge in [-0.05, 0) is 61.3 Å². The average Bonchev–Trinajstić information content (AvgIpc) is 3.13. The van der Waals surface area contributed by atoms with Crippen molar-refractivity contribution >= 4 is 17.7 Å². The number of carbonyl (C=O) groups excluding carboxylic acids is 1. The summed E-state index contributed by atoms with van der Waals surface area (Å²) < 4.78 is 12.9. The number of halogens is 1. The summed E-state index contributed by atoms with van der Waals surface area (Å²) in [5.41, 5.74) is 0. The number of nitrogens with zero attached hydrogens (tertiary/aromatic N) is 1. The van der Waals surface area contributed by atoms with Crippen LogP contribution in [0.4, 0.5) is 4.39 Å². The molecule has 3 rings (SSSR count). The second kappa shape index (κ2) is 6.70. The van der Waals surface area contributed by atoms with Crippen molar-refractivity contribution in [3.63, 3.8) is 0 Å². The Labute approximate surface area is 134 Å². The van der Waals surface area contributed by atoms with Crippen molar-refractivity contribution in [1.29, 1.82) is 5.26 Å². The summed E-state index contributed by atoms with van der Waals surface area (Å²) in [6.45, 7) is 0.0878. The van der Waals surface area contributed by atoms with Crippen LogP contribution in [0.15, 0.2) is 29.2 Å². The highest BCUT2D eigenvalue weighted by Crippen LogP contribution is 2.53. The minimum absolute atomic E-state index is 0.0402. The number of rotatable bonds is 5. The molecule has 1 aromatic carbocycles. The lowest BCUT2D eigenvalue weighted by Crippen LogP contribution is -2.39. The number of nitrogens with one attached hydrogen (secondary N) is 1. The average molecular weight is 318 g/mol. The first kappa shape index (κ1) is 15.4. The van der Waals surface area contributed by atoms with Gasteiger partial charge in [-0.25, -0.2) is 4.39 Å². The molecule has 0 saturated heterocycles. The van der Waals surface area contributed by atoms with Gasteiger partial charge in [0.2, 0.25) is 5.91 Å². The molecule has 22 heavy (non-hydrogen) atoms. The summed E-state index contributed by atoms with van der Waals surface area (Å²) in [5.74, 6) is 2.21. The van der Waals surface area contributed by atoms with Gasteiger partial charge in [0.15, 0.2) is 0 Å². The van der Waals surface area contributed by atoms with Crippen LogP contribution in [0.1, 0.15) is 19.3 Å². The maximum absolute atomic E-state index is 12.9. The molecule has 0 heterocycles. The van der Waals surface area contributed by atoms with E-state index < -0.39 is 0 Å². The Balaban J connectivity index is 1.64. The molecule has 4 atom stereocenters. The number of fused-ring (bicyclic) bond motifs is 2. The molecule has 0 aliphatic heterocycles. The quantitative estimate of drug-likeness (QED) is 0.670. The molecule has 2 bridgehead atoms. The van der Waals surface area contributed by atoms with Crippen molar-refractivity contribution in [3.05, 3.63) is 30.1 Å². The van der Waals surface area contributed by atoms with Crippen LogP contribution in [0.25, 0.3) is 0 Å². The molecule has 2 aliphatic rings. The van der Waals surface area contributed by atoms with Gasteiger partial charge in [0, 0.05) is 16.6 Å². The van der Waals surface area contributed by atoms with Gasteiger partial charge >= 0.3 is 0 Å². The van der Waals surface area contributed by atoms with Crippen LogP contribution >= 0.6 is 11.8 Å². The van der Waals surface area contributed by atoms with Crippen molar-refractivity contribution in [2.24, 2.45) is 23.7 Å². The van der Waals surface area contributed by atoms with Gasteiger partial charge in [0.05, 0.1) is 6.07 Å². The summed E-state index contributed by atoms with van der Waals surface area (Å²) >= 11 is 1.70. The number of amides is 1. The van der Waals surface area contributed by atoms with Gasteiger partial charge in [0.1, 0.15) is 12.4 Å². The summed E-state index contributed by atoms with van der Waals surface area (Å²) in [6, 6.07) is 8.50. The highest BCUT2D eigenvalue weighted by atomic mass is 32.2. The predicted octanol–water partition coefficient (Wildman–Crippen LogP) is 3.22. The molecule has 116 valence electrons. The van der Waals surface area contributed by atoms with Crippen molar-refractivity contribution < 1.29 is 9.18 Å². The van der Waals surface area contributed by atoms with E-state index in [0.717, 1.165) is 23.5 Å². The molecule has 1 amide bonds. The van der Waals surface area contributed by atoms with Crippen LogP contribution in [-0.4, -0.2) is 18.2 Å². The van der Waals surface area contributed by atoms with Crippen LogP contribution in [0.3, 0.4) is 0 Å². The minimum Gasteiger partial charge on any atom is -0.343 e. The van der Waals surface area contributed by atoms with Crippen molar-refractivity contribution in [3.8, 4) is 6.07 Å². The third kappa shape index (κ3) is 3.12. The highest BCUT2D eigenvalue weighted by Gasteiger charge is 2.50. The molecule has 4 unspecified atom stereocenters. The highest BCUT2D eigenvalue weighted by molar-refractivity contribution is 7.99. The van der Waals surface area contributed by atoms with E-state index in [1.807, 2.05) is 6.07 Å². The number of nitriles is 1. The molecular formula is C17H19FN2OS. The van der Waals surface area contributed by atoms with Crippen LogP contribution in [-0.2, 0) is 4.79 Å². The van der Waals surface area contributed by atoms with Crippen LogP contribution in [0.2, 0.25) is 0 Å². The van der Waals surface area contributed by atoms with Crippen LogP contribution in [0, 0.1) is 40.8 Å². The third-order valence-electron chi connectivity index (χ3n) is 4.99. The van der Waals surface area contributed by atoms with E-state index in [9.17, 15) is 9.18 Å². The molecule has 0 spiro atoms. The van der Waals surface area contributed by atoms with Crippen molar-refractivity contribution in [2.45, 2.75) is 24.2 Å². The Morgan fingerprint density at radius 2 is 2.05 bits per heavy atom. The first-order chi connectivity index (χ1) is 10.7. The lowest BCUT2D eigenvalue weighted by molar-refractivity contribution is -0.127. The van der Waals surface area contributed by atoms with Gasteiger partial charge in [-0.2, -0.15) is 5.26 Å². The number of benzene rings is 1. The summed E-state index contributed by atoms with van der Waals surface area (Å²) in [7, 11) is 0. The normalized spacial score (nSPS) is 29.3. The lowest BCUT2D eigenvalue weighted by atomic mass is 9.80. The third-order valence-corrected chi connectivity index (χ3v) is 6.15. The maximum Gasteiger partial charge on any atom is 0.224 e. The van der Waals surface area contributed by atoms with E-state index in [1.54, 1.807) is 23.9 Å². The Hall–Kier alpha value is -1.54. The summed E-state index contributed by atoms with van der Waals surface area (Å²) in [4.78, 5) is 13.4. The first-order valence-electron chi connectivity index (χ1n) is 7.72. The standard InChI is InChI=1S/C17H19FN2OS/c18-13-3-5-14(6-4-13)22-10-15-11-1-2-12(9-11)16(15)17(21)20-8-7-19/h3-6,11-12,15-16H,1-2,8-10H2,(H,20,21). The van der Waals surface area contributed by atoms with E-state index in [2.05, 4.69) is 5.32 Å². The molecule has 2 aliphatic carbocycles. The fourth-order valence-electron chi connectivity index (χ4n) is 4.03. The zero-order valence-corrected chi connectivity index (χ0v) is 13.1. The fourth-order valence-corrected chi connectivity index (χ4v) is 5.22. The Kier molecular flexibility index (Phi) is 4.68. The smallest absolute Gasteiger partial charge is 0.224 e. The van der Waals surface area contributed by atoms with Gasteiger partial charge in [-0.15, -0.1) is 11.8 Å². The molecule has 1 N–H and O–H groups in total. The number of hydrogen-bond donors (Lipinski definition) is 1. The zero-order valence-electron chi connectivity index (χ0n) is 12.3. The van der Waals surface area contributed by atoms with Gasteiger partial charge in [0.25, 0.3) is 0 Å². The molecular weight excluding hydrogens is 299 g/mol. The molecule has 2 saturated carbocycles. The molecule has 5 heteroatoms. The number of thioether (sulfide) groups is 1. The molecule has 2 fully saturated rings. The Morgan fingerprint density at radius 3 is 2.77 bits per heavy atom. The van der Waals surface area contributed by atoms with Crippen molar-refractivity contribution in [1.82, 2.24) is 5.32 Å². The second-order valence-corrected chi connectivity index (χ2v) is 7.26. The topological polar surface area (TPSA) is 52.9 Å². The van der Waals surface area contributed by atoms with Gasteiger partial charge in [-0.3, -0.25) is 4.79 Å².